The Morgan fingerprint density at radius 3 is 2.00 bits per heavy atom. The first-order chi connectivity index (χ1) is 16.9. The van der Waals surface area contributed by atoms with Gasteiger partial charge in [0.05, 0.1) is 30.9 Å². The second-order valence-corrected chi connectivity index (χ2v) is 7.28. The molecule has 9 heteroatoms. The van der Waals surface area contributed by atoms with E-state index in [0.29, 0.717) is 6.54 Å². The summed E-state index contributed by atoms with van der Waals surface area (Å²) in [4.78, 5) is 49.0. The second-order valence-electron chi connectivity index (χ2n) is 7.28. The molecule has 3 rings (SSSR count). The van der Waals surface area contributed by atoms with Crippen molar-refractivity contribution in [1.82, 2.24) is 5.32 Å². The standard InChI is InChI=1S/C26H24N2O7/c1-33-25(31)18-12-19(26(32)34-2)14-20(13-18)28-23(29)16-35-22-11-7-6-10-21(22)24(30)27-15-17-8-4-3-5-9-17/h3-14H,15-16H2,1-2H3,(H,27,30)(H,28,29). The molecule has 0 aromatic heterocycles. The Kier molecular flexibility index (Phi) is 8.55. The Hall–Kier alpha value is -4.66. The Morgan fingerprint density at radius 1 is 0.771 bits per heavy atom. The highest BCUT2D eigenvalue weighted by Gasteiger charge is 2.16. The first-order valence-electron chi connectivity index (χ1n) is 10.6. The maximum atomic E-state index is 12.7. The zero-order chi connectivity index (χ0) is 25.2. The minimum atomic E-state index is -0.682. The van der Waals surface area contributed by atoms with Crippen LogP contribution < -0.4 is 15.4 Å². The van der Waals surface area contributed by atoms with Gasteiger partial charge in [-0.3, -0.25) is 9.59 Å². The number of carbonyl (C=O) groups is 4. The lowest BCUT2D eigenvalue weighted by Gasteiger charge is -2.13. The SMILES string of the molecule is COC(=O)c1cc(NC(=O)COc2ccccc2C(=O)NCc2ccccc2)cc(C(=O)OC)c1. The lowest BCUT2D eigenvalue weighted by Crippen LogP contribution is -2.25. The molecule has 0 aliphatic carbocycles. The monoisotopic (exact) mass is 476 g/mol. The lowest BCUT2D eigenvalue weighted by atomic mass is 10.1. The molecule has 0 fully saturated rings. The third-order valence-electron chi connectivity index (χ3n) is 4.85. The van der Waals surface area contributed by atoms with E-state index in [4.69, 9.17) is 4.74 Å². The molecule has 3 aromatic carbocycles. The van der Waals surface area contributed by atoms with Crippen molar-refractivity contribution in [3.63, 3.8) is 0 Å². The minimum absolute atomic E-state index is 0.0621. The van der Waals surface area contributed by atoms with Crippen LogP contribution in [0.3, 0.4) is 0 Å². The van der Waals surface area contributed by atoms with Crippen LogP contribution in [0.4, 0.5) is 5.69 Å². The van der Waals surface area contributed by atoms with Gasteiger partial charge in [0.2, 0.25) is 0 Å². The first-order valence-corrected chi connectivity index (χ1v) is 10.6. The maximum Gasteiger partial charge on any atom is 0.337 e. The Bertz CT molecular complexity index is 1190. The van der Waals surface area contributed by atoms with Crippen molar-refractivity contribution >= 4 is 29.4 Å². The molecule has 0 aliphatic rings. The highest BCUT2D eigenvalue weighted by Crippen LogP contribution is 2.20. The summed E-state index contributed by atoms with van der Waals surface area (Å²) in [5, 5.41) is 5.39. The van der Waals surface area contributed by atoms with Crippen molar-refractivity contribution in [1.29, 1.82) is 0 Å². The van der Waals surface area contributed by atoms with Gasteiger partial charge in [-0.1, -0.05) is 42.5 Å². The van der Waals surface area contributed by atoms with E-state index in [-0.39, 0.29) is 34.0 Å². The van der Waals surface area contributed by atoms with Crippen LogP contribution in [0.1, 0.15) is 36.6 Å². The van der Waals surface area contributed by atoms with Crippen LogP contribution >= 0.6 is 0 Å². The lowest BCUT2D eigenvalue weighted by molar-refractivity contribution is -0.118. The van der Waals surface area contributed by atoms with Gasteiger partial charge in [-0.2, -0.15) is 0 Å². The Morgan fingerprint density at radius 2 is 1.37 bits per heavy atom. The summed E-state index contributed by atoms with van der Waals surface area (Å²) in [5.41, 5.74) is 1.52. The number of hydrogen-bond donors (Lipinski definition) is 2. The fourth-order valence-electron chi connectivity index (χ4n) is 3.17. The van der Waals surface area contributed by atoms with Crippen LogP contribution in [-0.4, -0.2) is 44.6 Å². The van der Waals surface area contributed by atoms with Crippen LogP contribution in [-0.2, 0) is 20.8 Å². The quantitative estimate of drug-likeness (QED) is 0.455. The number of nitrogens with one attached hydrogen (secondary N) is 2. The summed E-state index contributed by atoms with van der Waals surface area (Å²) >= 11 is 0. The number of carbonyl (C=O) groups excluding carboxylic acids is 4. The predicted octanol–water partition coefficient (Wildman–Crippen LogP) is 3.21. The number of methoxy groups -OCH3 is 2. The largest absolute Gasteiger partial charge is 0.483 e. The summed E-state index contributed by atoms with van der Waals surface area (Å²) in [6.07, 6.45) is 0. The Balaban J connectivity index is 1.66. The summed E-state index contributed by atoms with van der Waals surface area (Å²) < 4.78 is 15.0. The van der Waals surface area contributed by atoms with Gasteiger partial charge in [-0.25, -0.2) is 9.59 Å². The molecule has 180 valence electrons. The zero-order valence-electron chi connectivity index (χ0n) is 19.2. The van der Waals surface area contributed by atoms with Crippen molar-refractivity contribution in [2.24, 2.45) is 0 Å². The molecule has 3 aromatic rings. The summed E-state index contributed by atoms with van der Waals surface area (Å²) in [7, 11) is 2.40. The van der Waals surface area contributed by atoms with E-state index in [1.807, 2.05) is 30.3 Å². The average Bonchev–Trinajstić information content (AvgIpc) is 2.90. The van der Waals surface area contributed by atoms with Crippen molar-refractivity contribution in [3.8, 4) is 5.75 Å². The van der Waals surface area contributed by atoms with E-state index in [1.54, 1.807) is 24.3 Å². The van der Waals surface area contributed by atoms with Crippen molar-refractivity contribution in [2.45, 2.75) is 6.54 Å². The van der Waals surface area contributed by atoms with E-state index in [9.17, 15) is 19.2 Å². The molecule has 2 amide bonds. The molecule has 0 radical (unpaired) electrons. The topological polar surface area (TPSA) is 120 Å². The molecular weight excluding hydrogens is 452 g/mol. The van der Waals surface area contributed by atoms with Gasteiger partial charge in [-0.05, 0) is 35.9 Å². The van der Waals surface area contributed by atoms with E-state index >= 15 is 0 Å². The zero-order valence-corrected chi connectivity index (χ0v) is 19.2. The van der Waals surface area contributed by atoms with Gasteiger partial charge >= 0.3 is 11.9 Å². The number of rotatable bonds is 9. The summed E-state index contributed by atoms with van der Waals surface area (Å²) in [6.45, 7) is -0.0768. The number of amides is 2. The fraction of sp³-hybridized carbons (Fsp3) is 0.154. The van der Waals surface area contributed by atoms with Crippen LogP contribution in [0.25, 0.3) is 0 Å². The molecule has 0 saturated carbocycles. The van der Waals surface area contributed by atoms with Crippen LogP contribution in [0.15, 0.2) is 72.8 Å². The molecule has 0 atom stereocenters. The van der Waals surface area contributed by atoms with E-state index in [0.717, 1.165) is 5.56 Å². The molecule has 2 N–H and O–H groups in total. The van der Waals surface area contributed by atoms with Crippen LogP contribution in [0, 0.1) is 0 Å². The smallest absolute Gasteiger partial charge is 0.337 e. The molecule has 0 bridgehead atoms. The molecular formula is C26H24N2O7. The number of esters is 2. The normalized spacial score (nSPS) is 10.1. The molecule has 0 unspecified atom stereocenters. The van der Waals surface area contributed by atoms with Crippen molar-refractivity contribution < 1.29 is 33.4 Å². The van der Waals surface area contributed by atoms with Crippen molar-refractivity contribution in [3.05, 3.63) is 95.1 Å². The number of hydrogen-bond acceptors (Lipinski definition) is 7. The maximum absolute atomic E-state index is 12.7. The second kappa shape index (κ2) is 12.0. The molecule has 0 aliphatic heterocycles. The summed E-state index contributed by atoms with van der Waals surface area (Å²) in [5.74, 6) is -2.05. The highest BCUT2D eigenvalue weighted by atomic mass is 16.5. The number of benzene rings is 3. The van der Waals surface area contributed by atoms with Crippen molar-refractivity contribution in [2.75, 3.05) is 26.1 Å². The third kappa shape index (κ3) is 6.91. The molecule has 0 saturated heterocycles. The number of para-hydroxylation sites is 1. The van der Waals surface area contributed by atoms with Gasteiger partial charge in [0.1, 0.15) is 5.75 Å². The van der Waals surface area contributed by atoms with Gasteiger partial charge in [0.25, 0.3) is 11.8 Å². The Labute approximate surface area is 202 Å². The number of ether oxygens (including phenoxy) is 3. The molecule has 0 spiro atoms. The molecule has 0 heterocycles. The van der Waals surface area contributed by atoms with Gasteiger partial charge in [0, 0.05) is 12.2 Å². The minimum Gasteiger partial charge on any atom is -0.483 e. The van der Waals surface area contributed by atoms with Gasteiger partial charge in [-0.15, -0.1) is 0 Å². The van der Waals surface area contributed by atoms with Gasteiger partial charge < -0.3 is 24.8 Å². The molecule has 9 nitrogen and oxygen atoms in total. The number of anilines is 1. The van der Waals surface area contributed by atoms with E-state index in [2.05, 4.69) is 20.1 Å². The average molecular weight is 476 g/mol. The van der Waals surface area contributed by atoms with Crippen LogP contribution in [0.5, 0.6) is 5.75 Å². The molecule has 35 heavy (non-hydrogen) atoms. The van der Waals surface area contributed by atoms with E-state index in [1.165, 1.54) is 32.4 Å². The van der Waals surface area contributed by atoms with E-state index < -0.39 is 24.5 Å². The highest BCUT2D eigenvalue weighted by molar-refractivity contribution is 6.00. The summed E-state index contributed by atoms with van der Waals surface area (Å²) in [6, 6.07) is 20.0. The fourth-order valence-corrected chi connectivity index (χ4v) is 3.17. The van der Waals surface area contributed by atoms with Gasteiger partial charge in [0.15, 0.2) is 6.61 Å². The predicted molar refractivity (Wildman–Crippen MR) is 127 cm³/mol. The third-order valence-corrected chi connectivity index (χ3v) is 4.85. The van der Waals surface area contributed by atoms with Crippen LogP contribution in [0.2, 0.25) is 0 Å². The first kappa shape index (κ1) is 25.0.